The summed E-state index contributed by atoms with van der Waals surface area (Å²) in [5.41, 5.74) is 8.54. The fraction of sp³-hybridized carbons (Fsp3) is 0.333. The van der Waals surface area contributed by atoms with Gasteiger partial charge in [-0.3, -0.25) is 0 Å². The van der Waals surface area contributed by atoms with Crippen LogP contribution in [0.25, 0.3) is 0 Å². The third kappa shape index (κ3) is 4.72. The van der Waals surface area contributed by atoms with E-state index in [1.807, 2.05) is 25.1 Å². The van der Waals surface area contributed by atoms with E-state index in [0.29, 0.717) is 11.6 Å². The van der Waals surface area contributed by atoms with E-state index in [1.54, 1.807) is 12.1 Å². The van der Waals surface area contributed by atoms with E-state index in [-0.39, 0.29) is 18.0 Å². The van der Waals surface area contributed by atoms with Crippen LogP contribution in [0.1, 0.15) is 30.9 Å². The normalized spacial score (nSPS) is 11.7. The highest BCUT2D eigenvalue weighted by Gasteiger charge is 2.13. The molecule has 0 aromatic heterocycles. The van der Waals surface area contributed by atoms with Gasteiger partial charge in [0.2, 0.25) is 10.0 Å². The quantitative estimate of drug-likeness (QED) is 0.595. The Morgan fingerprint density at radius 2 is 1.79 bits per heavy atom. The summed E-state index contributed by atoms with van der Waals surface area (Å²) < 4.78 is 32.4. The van der Waals surface area contributed by atoms with Gasteiger partial charge in [0.1, 0.15) is 12.4 Å². The average molecular weight is 348 g/mol. The van der Waals surface area contributed by atoms with Crippen LogP contribution < -0.4 is 15.2 Å². The van der Waals surface area contributed by atoms with Crippen molar-refractivity contribution in [1.82, 2.24) is 4.72 Å². The largest absolute Gasteiger partial charge is 0.492 e. The summed E-state index contributed by atoms with van der Waals surface area (Å²) in [6, 6.07) is 12.0. The minimum absolute atomic E-state index is 0.189. The first-order valence-electron chi connectivity index (χ1n) is 7.88. The lowest BCUT2D eigenvalue weighted by Gasteiger charge is -2.13. The fourth-order valence-corrected chi connectivity index (χ4v) is 3.47. The average Bonchev–Trinajstić information content (AvgIpc) is 2.52. The molecule has 24 heavy (non-hydrogen) atoms. The molecule has 2 aromatic carbocycles. The van der Waals surface area contributed by atoms with Crippen LogP contribution in [-0.4, -0.2) is 21.6 Å². The van der Waals surface area contributed by atoms with Crippen LogP contribution in [0.4, 0.5) is 5.69 Å². The van der Waals surface area contributed by atoms with Gasteiger partial charge in [0, 0.05) is 12.2 Å². The zero-order valence-corrected chi connectivity index (χ0v) is 15.1. The topological polar surface area (TPSA) is 81.4 Å². The fourth-order valence-electron chi connectivity index (χ4n) is 2.46. The Kier molecular flexibility index (Phi) is 5.85. The minimum atomic E-state index is -3.54. The van der Waals surface area contributed by atoms with Crippen LogP contribution in [-0.2, 0) is 10.0 Å². The summed E-state index contributed by atoms with van der Waals surface area (Å²) in [6.45, 7) is 6.79. The van der Waals surface area contributed by atoms with E-state index >= 15 is 0 Å². The molecule has 2 rings (SSSR count). The van der Waals surface area contributed by atoms with Gasteiger partial charge in [-0.1, -0.05) is 19.9 Å². The lowest BCUT2D eigenvalue weighted by Crippen LogP contribution is -2.28. The van der Waals surface area contributed by atoms with Crippen LogP contribution in [0.15, 0.2) is 47.4 Å². The molecule has 0 saturated carbocycles. The standard InChI is InChI=1S/C18H24N2O3S/c1-13(2)18-9-6-16(12-14(18)3)23-11-10-20-24(21,22)17-7-4-15(19)5-8-17/h4-9,12-13,20H,10-11,19H2,1-3H3. The van der Waals surface area contributed by atoms with Gasteiger partial charge in [-0.25, -0.2) is 13.1 Å². The predicted octanol–water partition coefficient (Wildman–Crippen LogP) is 3.06. The molecule has 0 aliphatic carbocycles. The molecule has 6 heteroatoms. The third-order valence-electron chi connectivity index (χ3n) is 3.72. The number of ether oxygens (including phenoxy) is 1. The summed E-state index contributed by atoms with van der Waals surface area (Å²) in [4.78, 5) is 0.189. The molecule has 0 saturated heterocycles. The third-order valence-corrected chi connectivity index (χ3v) is 5.19. The van der Waals surface area contributed by atoms with Gasteiger partial charge >= 0.3 is 0 Å². The highest BCUT2D eigenvalue weighted by molar-refractivity contribution is 7.89. The second kappa shape index (κ2) is 7.68. The van der Waals surface area contributed by atoms with E-state index < -0.39 is 10.0 Å². The van der Waals surface area contributed by atoms with Gasteiger partial charge in [0.25, 0.3) is 0 Å². The molecule has 5 nitrogen and oxygen atoms in total. The van der Waals surface area contributed by atoms with Gasteiger partial charge in [0.05, 0.1) is 4.90 Å². The summed E-state index contributed by atoms with van der Waals surface area (Å²) in [7, 11) is -3.54. The molecule has 0 radical (unpaired) electrons. The van der Waals surface area contributed by atoms with E-state index in [4.69, 9.17) is 10.5 Å². The van der Waals surface area contributed by atoms with Crippen molar-refractivity contribution in [2.75, 3.05) is 18.9 Å². The number of hydrogen-bond acceptors (Lipinski definition) is 4. The lowest BCUT2D eigenvalue weighted by atomic mass is 9.98. The maximum absolute atomic E-state index is 12.1. The summed E-state index contributed by atoms with van der Waals surface area (Å²) in [5.74, 6) is 1.20. The minimum Gasteiger partial charge on any atom is -0.492 e. The van der Waals surface area contributed by atoms with Crippen molar-refractivity contribution in [1.29, 1.82) is 0 Å². The SMILES string of the molecule is Cc1cc(OCCNS(=O)(=O)c2ccc(N)cc2)ccc1C(C)C. The highest BCUT2D eigenvalue weighted by Crippen LogP contribution is 2.23. The highest BCUT2D eigenvalue weighted by atomic mass is 32.2. The molecule has 0 heterocycles. The zero-order chi connectivity index (χ0) is 17.7. The van der Waals surface area contributed by atoms with Gasteiger partial charge in [0.15, 0.2) is 0 Å². The first-order valence-corrected chi connectivity index (χ1v) is 9.36. The number of nitrogen functional groups attached to an aromatic ring is 1. The Morgan fingerprint density at radius 1 is 1.12 bits per heavy atom. The second-order valence-electron chi connectivity index (χ2n) is 5.99. The first-order chi connectivity index (χ1) is 11.3. The van der Waals surface area contributed by atoms with Crippen molar-refractivity contribution >= 4 is 15.7 Å². The molecule has 0 unspecified atom stereocenters. The van der Waals surface area contributed by atoms with E-state index in [0.717, 1.165) is 5.75 Å². The number of sulfonamides is 1. The molecular weight excluding hydrogens is 324 g/mol. The van der Waals surface area contributed by atoms with Crippen molar-refractivity contribution < 1.29 is 13.2 Å². The Hall–Kier alpha value is -2.05. The predicted molar refractivity (Wildman–Crippen MR) is 96.8 cm³/mol. The van der Waals surface area contributed by atoms with Crippen LogP contribution >= 0.6 is 0 Å². The van der Waals surface area contributed by atoms with Crippen LogP contribution in [0.2, 0.25) is 0 Å². The second-order valence-corrected chi connectivity index (χ2v) is 7.76. The molecule has 0 amide bonds. The van der Waals surface area contributed by atoms with Crippen LogP contribution in [0.3, 0.4) is 0 Å². The molecule has 0 fully saturated rings. The van der Waals surface area contributed by atoms with Crippen molar-refractivity contribution in [2.45, 2.75) is 31.6 Å². The molecule has 0 bridgehead atoms. The number of nitrogens with two attached hydrogens (primary N) is 1. The molecule has 2 aromatic rings. The molecule has 130 valence electrons. The molecule has 0 spiro atoms. The lowest BCUT2D eigenvalue weighted by molar-refractivity contribution is 0.322. The molecular formula is C18H24N2O3S. The van der Waals surface area contributed by atoms with Gasteiger partial charge in [-0.2, -0.15) is 0 Å². The van der Waals surface area contributed by atoms with Gasteiger partial charge in [-0.05, 0) is 60.4 Å². The van der Waals surface area contributed by atoms with Crippen molar-refractivity contribution in [3.8, 4) is 5.75 Å². The maximum atomic E-state index is 12.1. The van der Waals surface area contributed by atoms with Gasteiger partial charge in [-0.15, -0.1) is 0 Å². The maximum Gasteiger partial charge on any atom is 0.240 e. The summed E-state index contributed by atoms with van der Waals surface area (Å²) in [6.07, 6.45) is 0. The number of nitrogens with one attached hydrogen (secondary N) is 1. The van der Waals surface area contributed by atoms with Crippen LogP contribution in [0, 0.1) is 6.92 Å². The number of rotatable bonds is 7. The number of benzene rings is 2. The molecule has 0 aliphatic rings. The Balaban J connectivity index is 1.88. The Labute approximate surface area is 143 Å². The number of anilines is 1. The van der Waals surface area contributed by atoms with Crippen LogP contribution in [0.5, 0.6) is 5.75 Å². The summed E-state index contributed by atoms with van der Waals surface area (Å²) >= 11 is 0. The molecule has 0 atom stereocenters. The zero-order valence-electron chi connectivity index (χ0n) is 14.2. The smallest absolute Gasteiger partial charge is 0.240 e. The van der Waals surface area contributed by atoms with E-state index in [2.05, 4.69) is 18.6 Å². The number of aryl methyl sites for hydroxylation is 1. The Morgan fingerprint density at radius 3 is 2.38 bits per heavy atom. The first kappa shape index (κ1) is 18.3. The molecule has 3 N–H and O–H groups in total. The number of hydrogen-bond donors (Lipinski definition) is 2. The van der Waals surface area contributed by atoms with Crippen molar-refractivity contribution in [2.24, 2.45) is 0 Å². The summed E-state index contributed by atoms with van der Waals surface area (Å²) in [5, 5.41) is 0. The van der Waals surface area contributed by atoms with E-state index in [1.165, 1.54) is 23.3 Å². The van der Waals surface area contributed by atoms with Crippen molar-refractivity contribution in [3.05, 3.63) is 53.6 Å². The van der Waals surface area contributed by atoms with E-state index in [9.17, 15) is 8.42 Å². The monoisotopic (exact) mass is 348 g/mol. The molecule has 0 aliphatic heterocycles. The van der Waals surface area contributed by atoms with Crippen molar-refractivity contribution in [3.63, 3.8) is 0 Å². The van der Waals surface area contributed by atoms with Gasteiger partial charge < -0.3 is 10.5 Å². The Bertz CT molecular complexity index is 784.